The number of carbonyl (C=O) groups excluding carboxylic acids is 1. The SMILES string of the molecule is CC1CCC(C(=O)NCCCCCBr)CC1. The van der Waals surface area contributed by atoms with Crippen LogP contribution in [0.25, 0.3) is 0 Å². The second-order valence-corrected chi connectivity index (χ2v) is 5.79. The highest BCUT2D eigenvalue weighted by molar-refractivity contribution is 9.09. The molecular formula is C13H24BrNO. The van der Waals surface area contributed by atoms with Gasteiger partial charge in [-0.1, -0.05) is 29.3 Å². The number of carbonyl (C=O) groups is 1. The predicted octanol–water partition coefficient (Wildman–Crippen LogP) is 3.49. The Hall–Kier alpha value is -0.0500. The summed E-state index contributed by atoms with van der Waals surface area (Å²) < 4.78 is 0. The number of nitrogens with one attached hydrogen (secondary N) is 1. The Morgan fingerprint density at radius 3 is 2.50 bits per heavy atom. The van der Waals surface area contributed by atoms with Crippen LogP contribution in [0.3, 0.4) is 0 Å². The van der Waals surface area contributed by atoms with Crippen LogP contribution in [0.2, 0.25) is 0 Å². The fraction of sp³-hybridized carbons (Fsp3) is 0.923. The Morgan fingerprint density at radius 2 is 1.88 bits per heavy atom. The van der Waals surface area contributed by atoms with Gasteiger partial charge in [0.1, 0.15) is 0 Å². The topological polar surface area (TPSA) is 29.1 Å². The maximum atomic E-state index is 11.8. The van der Waals surface area contributed by atoms with E-state index in [0.717, 1.165) is 37.1 Å². The molecule has 1 saturated carbocycles. The van der Waals surface area contributed by atoms with Gasteiger partial charge in [0.05, 0.1) is 0 Å². The van der Waals surface area contributed by atoms with E-state index in [0.29, 0.717) is 11.8 Å². The number of hydrogen-bond donors (Lipinski definition) is 1. The van der Waals surface area contributed by atoms with E-state index in [1.807, 2.05) is 0 Å². The summed E-state index contributed by atoms with van der Waals surface area (Å²) in [6.07, 6.45) is 8.15. The van der Waals surface area contributed by atoms with Crippen molar-refractivity contribution in [1.29, 1.82) is 0 Å². The maximum Gasteiger partial charge on any atom is 0.223 e. The Morgan fingerprint density at radius 1 is 1.19 bits per heavy atom. The lowest BCUT2D eigenvalue weighted by Gasteiger charge is -2.25. The van der Waals surface area contributed by atoms with Gasteiger partial charge in [-0.05, 0) is 44.4 Å². The summed E-state index contributed by atoms with van der Waals surface area (Å²) >= 11 is 3.41. The van der Waals surface area contributed by atoms with Crippen molar-refractivity contribution in [2.75, 3.05) is 11.9 Å². The van der Waals surface area contributed by atoms with Crippen LogP contribution in [0.15, 0.2) is 0 Å². The quantitative estimate of drug-likeness (QED) is 0.589. The van der Waals surface area contributed by atoms with Crippen molar-refractivity contribution in [1.82, 2.24) is 5.32 Å². The molecule has 0 radical (unpaired) electrons. The van der Waals surface area contributed by atoms with Gasteiger partial charge in [-0.2, -0.15) is 0 Å². The van der Waals surface area contributed by atoms with E-state index in [2.05, 4.69) is 28.2 Å². The molecule has 16 heavy (non-hydrogen) atoms. The molecule has 1 aliphatic rings. The van der Waals surface area contributed by atoms with Gasteiger partial charge in [0.2, 0.25) is 5.91 Å². The number of amides is 1. The molecule has 1 N–H and O–H groups in total. The van der Waals surface area contributed by atoms with Gasteiger partial charge in [-0.25, -0.2) is 0 Å². The molecule has 1 fully saturated rings. The lowest BCUT2D eigenvalue weighted by Crippen LogP contribution is -2.33. The predicted molar refractivity (Wildman–Crippen MR) is 71.8 cm³/mol. The molecule has 0 atom stereocenters. The number of unbranched alkanes of at least 4 members (excludes halogenated alkanes) is 2. The normalized spacial score (nSPS) is 25.4. The summed E-state index contributed by atoms with van der Waals surface area (Å²) in [6.45, 7) is 3.15. The first-order chi connectivity index (χ1) is 7.74. The molecule has 0 aromatic carbocycles. The highest BCUT2D eigenvalue weighted by Crippen LogP contribution is 2.28. The molecule has 0 aromatic heterocycles. The first kappa shape index (κ1) is 14.0. The first-order valence-electron chi connectivity index (χ1n) is 6.57. The van der Waals surface area contributed by atoms with E-state index in [1.54, 1.807) is 0 Å². The van der Waals surface area contributed by atoms with E-state index < -0.39 is 0 Å². The van der Waals surface area contributed by atoms with Crippen LogP contribution in [-0.4, -0.2) is 17.8 Å². The van der Waals surface area contributed by atoms with Gasteiger partial charge >= 0.3 is 0 Å². The molecule has 0 unspecified atom stereocenters. The van der Waals surface area contributed by atoms with E-state index >= 15 is 0 Å². The summed E-state index contributed by atoms with van der Waals surface area (Å²) in [5.74, 6) is 1.42. The standard InChI is InChI=1S/C13H24BrNO/c1-11-5-7-12(8-6-11)13(16)15-10-4-2-3-9-14/h11-12H,2-10H2,1H3,(H,15,16). The van der Waals surface area contributed by atoms with Gasteiger partial charge in [0, 0.05) is 17.8 Å². The summed E-state index contributed by atoms with van der Waals surface area (Å²) in [7, 11) is 0. The lowest BCUT2D eigenvalue weighted by atomic mass is 9.82. The smallest absolute Gasteiger partial charge is 0.223 e. The lowest BCUT2D eigenvalue weighted by molar-refractivity contribution is -0.126. The minimum absolute atomic E-state index is 0.297. The molecule has 2 nitrogen and oxygen atoms in total. The first-order valence-corrected chi connectivity index (χ1v) is 7.70. The summed E-state index contributed by atoms with van der Waals surface area (Å²) in [6, 6.07) is 0. The molecule has 0 aromatic rings. The van der Waals surface area contributed by atoms with Crippen molar-refractivity contribution < 1.29 is 4.79 Å². The zero-order valence-corrected chi connectivity index (χ0v) is 11.9. The monoisotopic (exact) mass is 289 g/mol. The van der Waals surface area contributed by atoms with Crippen LogP contribution < -0.4 is 5.32 Å². The molecule has 94 valence electrons. The van der Waals surface area contributed by atoms with Gasteiger partial charge in [-0.3, -0.25) is 4.79 Å². The Balaban J connectivity index is 2.06. The number of rotatable bonds is 6. The van der Waals surface area contributed by atoms with Crippen molar-refractivity contribution in [2.24, 2.45) is 11.8 Å². The number of hydrogen-bond acceptors (Lipinski definition) is 1. The second-order valence-electron chi connectivity index (χ2n) is 5.00. The van der Waals surface area contributed by atoms with Crippen LogP contribution in [0.5, 0.6) is 0 Å². The summed E-state index contributed by atoms with van der Waals surface area (Å²) in [5.41, 5.74) is 0. The van der Waals surface area contributed by atoms with Gasteiger partial charge < -0.3 is 5.32 Å². The average Bonchev–Trinajstić information content (AvgIpc) is 2.29. The average molecular weight is 290 g/mol. The molecule has 3 heteroatoms. The molecular weight excluding hydrogens is 266 g/mol. The van der Waals surface area contributed by atoms with Crippen molar-refractivity contribution in [3.05, 3.63) is 0 Å². The Labute approximate surface area is 108 Å². The molecule has 0 heterocycles. The zero-order chi connectivity index (χ0) is 11.8. The fourth-order valence-corrected chi connectivity index (χ4v) is 2.67. The fourth-order valence-electron chi connectivity index (χ4n) is 2.27. The highest BCUT2D eigenvalue weighted by atomic mass is 79.9. The Bertz CT molecular complexity index is 200. The van der Waals surface area contributed by atoms with Crippen molar-refractivity contribution in [3.63, 3.8) is 0 Å². The zero-order valence-electron chi connectivity index (χ0n) is 10.3. The van der Waals surface area contributed by atoms with Crippen LogP contribution >= 0.6 is 15.9 Å². The molecule has 1 rings (SSSR count). The van der Waals surface area contributed by atoms with E-state index in [4.69, 9.17) is 0 Å². The number of alkyl halides is 1. The van der Waals surface area contributed by atoms with Crippen molar-refractivity contribution >= 4 is 21.8 Å². The van der Waals surface area contributed by atoms with E-state index in [1.165, 1.54) is 25.7 Å². The molecule has 1 amide bonds. The van der Waals surface area contributed by atoms with Crippen LogP contribution in [-0.2, 0) is 4.79 Å². The van der Waals surface area contributed by atoms with Gasteiger partial charge in [0.25, 0.3) is 0 Å². The Kier molecular flexibility index (Phi) is 7.10. The van der Waals surface area contributed by atoms with Crippen LogP contribution in [0.4, 0.5) is 0 Å². The molecule has 1 aliphatic carbocycles. The van der Waals surface area contributed by atoms with Gasteiger partial charge in [0.15, 0.2) is 0 Å². The maximum absolute atomic E-state index is 11.8. The van der Waals surface area contributed by atoms with E-state index in [-0.39, 0.29) is 0 Å². The minimum atomic E-state index is 0.297. The second kappa shape index (κ2) is 8.10. The third-order valence-electron chi connectivity index (χ3n) is 3.50. The third-order valence-corrected chi connectivity index (χ3v) is 4.06. The molecule has 0 saturated heterocycles. The number of halogens is 1. The molecule has 0 spiro atoms. The van der Waals surface area contributed by atoms with Crippen molar-refractivity contribution in [3.8, 4) is 0 Å². The van der Waals surface area contributed by atoms with Gasteiger partial charge in [-0.15, -0.1) is 0 Å². The summed E-state index contributed by atoms with van der Waals surface area (Å²) in [4.78, 5) is 11.8. The van der Waals surface area contributed by atoms with Crippen molar-refractivity contribution in [2.45, 2.75) is 51.9 Å². The van der Waals surface area contributed by atoms with E-state index in [9.17, 15) is 4.79 Å². The molecule has 0 bridgehead atoms. The highest BCUT2D eigenvalue weighted by Gasteiger charge is 2.23. The van der Waals surface area contributed by atoms with Crippen LogP contribution in [0, 0.1) is 11.8 Å². The third kappa shape index (κ3) is 5.33. The molecule has 0 aliphatic heterocycles. The van der Waals surface area contributed by atoms with Crippen LogP contribution in [0.1, 0.15) is 51.9 Å². The largest absolute Gasteiger partial charge is 0.356 e. The summed E-state index contributed by atoms with van der Waals surface area (Å²) in [5, 5.41) is 4.14. The minimum Gasteiger partial charge on any atom is -0.356 e.